The molecule has 0 saturated heterocycles. The Kier molecular flexibility index (Phi) is 2.32. The van der Waals surface area contributed by atoms with E-state index in [0.29, 0.717) is 0 Å². The Bertz CT molecular complexity index is 616. The zero-order valence-corrected chi connectivity index (χ0v) is 8.30. The second kappa shape index (κ2) is 3.65. The van der Waals surface area contributed by atoms with Crippen molar-refractivity contribution < 1.29 is 14.1 Å². The van der Waals surface area contributed by atoms with Gasteiger partial charge in [0, 0.05) is 0 Å². The minimum absolute atomic E-state index is 0.162. The number of nitro groups is 1. The Hall–Kier alpha value is -2.37. The molecule has 0 unspecified atom stereocenters. The van der Waals surface area contributed by atoms with Gasteiger partial charge in [-0.1, -0.05) is 12.1 Å². The van der Waals surface area contributed by atoms with Crippen molar-refractivity contribution in [2.45, 2.75) is 0 Å². The maximum Gasteiger partial charge on any atom is 0.396 e. The Labute approximate surface area is 89.2 Å². The fourth-order valence-electron chi connectivity index (χ4n) is 1.41. The summed E-state index contributed by atoms with van der Waals surface area (Å²) in [4.78, 5) is 21.7. The SMILES string of the molecule is COc1oc2ccccc2c(=O)c1[N+](=O)[O-]. The van der Waals surface area contributed by atoms with Gasteiger partial charge in [0.15, 0.2) is 0 Å². The number of hydrogen-bond donors (Lipinski definition) is 0. The van der Waals surface area contributed by atoms with Crippen LogP contribution in [0.2, 0.25) is 0 Å². The van der Waals surface area contributed by atoms with Gasteiger partial charge < -0.3 is 9.15 Å². The third kappa shape index (κ3) is 1.40. The first-order valence-corrected chi connectivity index (χ1v) is 4.39. The standard InChI is InChI=1S/C10H7NO5/c1-15-10-8(11(13)14)9(12)6-4-2-3-5-7(6)16-10/h2-5H,1H3. The van der Waals surface area contributed by atoms with Gasteiger partial charge in [0.1, 0.15) is 5.58 Å². The van der Waals surface area contributed by atoms with Gasteiger partial charge in [0.05, 0.1) is 17.4 Å². The number of ether oxygens (including phenoxy) is 1. The molecule has 0 fully saturated rings. The zero-order chi connectivity index (χ0) is 11.7. The van der Waals surface area contributed by atoms with E-state index in [4.69, 9.17) is 4.42 Å². The van der Waals surface area contributed by atoms with Crippen molar-refractivity contribution in [3.63, 3.8) is 0 Å². The summed E-state index contributed by atoms with van der Waals surface area (Å²) in [6.45, 7) is 0. The first kappa shape index (κ1) is 10.2. The highest BCUT2D eigenvalue weighted by molar-refractivity contribution is 5.79. The second-order valence-electron chi connectivity index (χ2n) is 3.02. The van der Waals surface area contributed by atoms with Gasteiger partial charge in [-0.05, 0) is 12.1 Å². The molecule has 2 rings (SSSR count). The molecule has 1 aromatic carbocycles. The molecule has 0 aliphatic rings. The molecule has 82 valence electrons. The molecule has 0 bridgehead atoms. The van der Waals surface area contributed by atoms with Gasteiger partial charge in [-0.3, -0.25) is 14.9 Å². The van der Waals surface area contributed by atoms with Crippen LogP contribution in [0, 0.1) is 10.1 Å². The molecule has 1 aromatic heterocycles. The van der Waals surface area contributed by atoms with Crippen molar-refractivity contribution in [2.75, 3.05) is 7.11 Å². The smallest absolute Gasteiger partial charge is 0.396 e. The number of methoxy groups -OCH3 is 1. The van der Waals surface area contributed by atoms with E-state index >= 15 is 0 Å². The topological polar surface area (TPSA) is 82.6 Å². The highest BCUT2D eigenvalue weighted by Crippen LogP contribution is 2.26. The molecule has 1 heterocycles. The fraction of sp³-hybridized carbons (Fsp3) is 0.100. The highest BCUT2D eigenvalue weighted by Gasteiger charge is 2.25. The maximum atomic E-state index is 11.8. The summed E-state index contributed by atoms with van der Waals surface area (Å²) in [5, 5.41) is 10.9. The molecule has 0 aliphatic heterocycles. The largest absolute Gasteiger partial charge is 0.463 e. The molecule has 0 radical (unpaired) electrons. The van der Waals surface area contributed by atoms with Crippen LogP contribution >= 0.6 is 0 Å². The van der Waals surface area contributed by atoms with Crippen molar-refractivity contribution in [1.82, 2.24) is 0 Å². The summed E-state index contributed by atoms with van der Waals surface area (Å²) in [5.74, 6) is -0.381. The van der Waals surface area contributed by atoms with Crippen molar-refractivity contribution in [3.05, 3.63) is 44.6 Å². The predicted molar refractivity (Wildman–Crippen MR) is 55.7 cm³/mol. The van der Waals surface area contributed by atoms with Gasteiger partial charge in [-0.15, -0.1) is 0 Å². The summed E-state index contributed by atoms with van der Waals surface area (Å²) < 4.78 is 9.81. The Morgan fingerprint density at radius 1 is 1.38 bits per heavy atom. The van der Waals surface area contributed by atoms with Crippen LogP contribution in [0.25, 0.3) is 11.0 Å². The van der Waals surface area contributed by atoms with Crippen LogP contribution in [0.4, 0.5) is 5.69 Å². The second-order valence-corrected chi connectivity index (χ2v) is 3.02. The number of hydrogen-bond acceptors (Lipinski definition) is 5. The first-order valence-electron chi connectivity index (χ1n) is 4.39. The summed E-state index contributed by atoms with van der Waals surface area (Å²) in [7, 11) is 1.21. The molecule has 0 saturated carbocycles. The highest BCUT2D eigenvalue weighted by atomic mass is 16.6. The van der Waals surface area contributed by atoms with Gasteiger partial charge in [-0.25, -0.2) is 0 Å². The number of para-hydroxylation sites is 1. The van der Waals surface area contributed by atoms with E-state index in [1.165, 1.54) is 13.2 Å². The Balaban J connectivity index is 2.94. The molecule has 16 heavy (non-hydrogen) atoms. The van der Waals surface area contributed by atoms with Crippen LogP contribution < -0.4 is 10.2 Å². The number of benzene rings is 1. The molecule has 0 amide bonds. The summed E-state index contributed by atoms with van der Waals surface area (Å²) in [6.07, 6.45) is 0. The van der Waals surface area contributed by atoms with Crippen LogP contribution in [0.15, 0.2) is 33.5 Å². The van der Waals surface area contributed by atoms with Gasteiger partial charge in [-0.2, -0.15) is 0 Å². The molecule has 6 heteroatoms. The monoisotopic (exact) mass is 221 g/mol. The van der Waals surface area contributed by atoms with Crippen LogP contribution in [-0.2, 0) is 0 Å². The van der Waals surface area contributed by atoms with E-state index < -0.39 is 16.0 Å². The molecule has 0 N–H and O–H groups in total. The lowest BCUT2D eigenvalue weighted by Crippen LogP contribution is -2.10. The Morgan fingerprint density at radius 2 is 2.06 bits per heavy atom. The zero-order valence-electron chi connectivity index (χ0n) is 8.30. The molecule has 0 aliphatic carbocycles. The maximum absolute atomic E-state index is 11.8. The lowest BCUT2D eigenvalue weighted by Gasteiger charge is -2.01. The quantitative estimate of drug-likeness (QED) is 0.569. The van der Waals surface area contributed by atoms with Crippen LogP contribution in [0.5, 0.6) is 5.95 Å². The van der Waals surface area contributed by atoms with Crippen molar-refractivity contribution in [1.29, 1.82) is 0 Å². The van der Waals surface area contributed by atoms with Gasteiger partial charge in [0.25, 0.3) is 5.43 Å². The predicted octanol–water partition coefficient (Wildman–Crippen LogP) is 1.71. The van der Waals surface area contributed by atoms with E-state index in [1.54, 1.807) is 18.2 Å². The van der Waals surface area contributed by atoms with Crippen molar-refractivity contribution >= 4 is 16.7 Å². The average molecular weight is 221 g/mol. The summed E-state index contributed by atoms with van der Waals surface area (Å²) in [5.41, 5.74) is -1.13. The molecular weight excluding hydrogens is 214 g/mol. The van der Waals surface area contributed by atoms with E-state index in [9.17, 15) is 14.9 Å². The van der Waals surface area contributed by atoms with Crippen LogP contribution in [0.1, 0.15) is 0 Å². The fourth-order valence-corrected chi connectivity index (χ4v) is 1.41. The third-order valence-electron chi connectivity index (χ3n) is 2.11. The van der Waals surface area contributed by atoms with Crippen molar-refractivity contribution in [3.8, 4) is 5.95 Å². The number of rotatable bonds is 2. The van der Waals surface area contributed by atoms with E-state index in [0.717, 1.165) is 0 Å². The number of nitrogens with zero attached hydrogens (tertiary/aromatic N) is 1. The summed E-state index contributed by atoms with van der Waals surface area (Å²) in [6, 6.07) is 6.28. The Morgan fingerprint density at radius 3 is 2.69 bits per heavy atom. The van der Waals surface area contributed by atoms with E-state index in [2.05, 4.69) is 4.74 Å². The van der Waals surface area contributed by atoms with Crippen LogP contribution in [-0.4, -0.2) is 12.0 Å². The van der Waals surface area contributed by atoms with Gasteiger partial charge in [0.2, 0.25) is 0 Å². The lowest BCUT2D eigenvalue weighted by molar-refractivity contribution is -0.388. The van der Waals surface area contributed by atoms with Crippen LogP contribution in [0.3, 0.4) is 0 Å². The lowest BCUT2D eigenvalue weighted by atomic mass is 10.2. The molecule has 2 aromatic rings. The molecular formula is C10H7NO5. The van der Waals surface area contributed by atoms with E-state index in [1.807, 2.05) is 0 Å². The normalized spacial score (nSPS) is 10.3. The minimum Gasteiger partial charge on any atom is -0.463 e. The average Bonchev–Trinajstić information content (AvgIpc) is 2.28. The van der Waals surface area contributed by atoms with Gasteiger partial charge >= 0.3 is 11.6 Å². The molecule has 0 spiro atoms. The molecule has 6 nitrogen and oxygen atoms in total. The van der Waals surface area contributed by atoms with Crippen molar-refractivity contribution in [2.24, 2.45) is 0 Å². The summed E-state index contributed by atoms with van der Waals surface area (Å²) >= 11 is 0. The first-order chi connectivity index (χ1) is 7.65. The molecule has 0 atom stereocenters. The third-order valence-corrected chi connectivity index (χ3v) is 2.11. The van der Waals surface area contributed by atoms with E-state index in [-0.39, 0.29) is 16.9 Å². The minimum atomic E-state index is -0.808. The number of fused-ring (bicyclic) bond motifs is 1.